The summed E-state index contributed by atoms with van der Waals surface area (Å²) in [7, 11) is 1.64. The highest BCUT2D eigenvalue weighted by Crippen LogP contribution is 2.49. The van der Waals surface area contributed by atoms with Crippen molar-refractivity contribution in [3.63, 3.8) is 0 Å². The molecular weight excluding hydrogens is 384 g/mol. The van der Waals surface area contributed by atoms with E-state index in [1.54, 1.807) is 13.1 Å². The number of carbonyl (C=O) groups excluding carboxylic acids is 1. The standard InChI is InChI=1S/C14H17BrN4O3S/c1-8-6-14(7-8,12(20)17-18-13(23)16-2)9-3-10(15)5-11(4-9)19(21)22/h3-5,8H,6-7H2,1-2H3,(H,17,20)(H2,16,18,23). The summed E-state index contributed by atoms with van der Waals surface area (Å²) in [5, 5.41) is 14.1. The molecule has 0 atom stereocenters. The summed E-state index contributed by atoms with van der Waals surface area (Å²) < 4.78 is 0.576. The van der Waals surface area contributed by atoms with Gasteiger partial charge in [0.2, 0.25) is 5.91 Å². The van der Waals surface area contributed by atoms with Crippen LogP contribution in [0.15, 0.2) is 22.7 Å². The first kappa shape index (κ1) is 17.6. The van der Waals surface area contributed by atoms with Crippen molar-refractivity contribution in [1.82, 2.24) is 16.2 Å². The highest BCUT2D eigenvalue weighted by molar-refractivity contribution is 9.10. The first-order valence-corrected chi connectivity index (χ1v) is 8.22. The van der Waals surface area contributed by atoms with Crippen LogP contribution in [0.5, 0.6) is 0 Å². The lowest BCUT2D eigenvalue weighted by Gasteiger charge is -2.45. The minimum Gasteiger partial charge on any atom is -0.364 e. The maximum atomic E-state index is 12.7. The van der Waals surface area contributed by atoms with Crippen molar-refractivity contribution in [2.24, 2.45) is 5.92 Å². The molecule has 1 aromatic carbocycles. The van der Waals surface area contributed by atoms with Gasteiger partial charge in [0.25, 0.3) is 5.69 Å². The lowest BCUT2D eigenvalue weighted by atomic mass is 9.58. The molecule has 2 rings (SSSR count). The highest BCUT2D eigenvalue weighted by Gasteiger charge is 2.50. The van der Waals surface area contributed by atoms with E-state index < -0.39 is 10.3 Å². The Balaban J connectivity index is 2.32. The Hall–Kier alpha value is -1.74. The number of non-ortho nitro benzene ring substituents is 1. The van der Waals surface area contributed by atoms with Crippen molar-refractivity contribution in [1.29, 1.82) is 0 Å². The number of halogens is 1. The lowest BCUT2D eigenvalue weighted by molar-refractivity contribution is -0.385. The maximum Gasteiger partial charge on any atom is 0.270 e. The molecule has 1 aliphatic carbocycles. The van der Waals surface area contributed by atoms with Crippen LogP contribution in [0.3, 0.4) is 0 Å². The number of nitro groups is 1. The fourth-order valence-corrected chi connectivity index (χ4v) is 3.47. The van der Waals surface area contributed by atoms with Gasteiger partial charge >= 0.3 is 0 Å². The van der Waals surface area contributed by atoms with Crippen LogP contribution in [0.2, 0.25) is 0 Å². The predicted molar refractivity (Wildman–Crippen MR) is 93.8 cm³/mol. The van der Waals surface area contributed by atoms with Crippen LogP contribution in [-0.4, -0.2) is 23.0 Å². The fourth-order valence-electron chi connectivity index (χ4n) is 2.93. The smallest absolute Gasteiger partial charge is 0.270 e. The molecule has 3 N–H and O–H groups in total. The van der Waals surface area contributed by atoms with E-state index in [2.05, 4.69) is 32.1 Å². The minimum atomic E-state index is -0.787. The van der Waals surface area contributed by atoms with Crippen LogP contribution >= 0.6 is 28.1 Å². The van der Waals surface area contributed by atoms with E-state index in [9.17, 15) is 14.9 Å². The van der Waals surface area contributed by atoms with Crippen LogP contribution in [0.4, 0.5) is 5.69 Å². The molecule has 1 amide bonds. The highest BCUT2D eigenvalue weighted by atomic mass is 79.9. The Morgan fingerprint density at radius 2 is 2.04 bits per heavy atom. The number of rotatable bonds is 3. The van der Waals surface area contributed by atoms with Gasteiger partial charge in [-0.2, -0.15) is 0 Å². The Kier molecular flexibility index (Phi) is 5.20. The van der Waals surface area contributed by atoms with Gasteiger partial charge in [-0.05, 0) is 42.6 Å². The van der Waals surface area contributed by atoms with Crippen molar-refractivity contribution in [2.75, 3.05) is 7.05 Å². The van der Waals surface area contributed by atoms with Gasteiger partial charge in [0.1, 0.15) is 0 Å². The molecule has 1 saturated carbocycles. The zero-order valence-electron chi connectivity index (χ0n) is 12.7. The largest absolute Gasteiger partial charge is 0.364 e. The van der Waals surface area contributed by atoms with E-state index in [1.807, 2.05) is 6.92 Å². The molecule has 0 heterocycles. The monoisotopic (exact) mass is 400 g/mol. The third-order valence-corrected chi connectivity index (χ3v) is 4.76. The zero-order valence-corrected chi connectivity index (χ0v) is 15.1. The molecule has 7 nitrogen and oxygen atoms in total. The van der Waals surface area contributed by atoms with E-state index in [1.165, 1.54) is 12.1 Å². The first-order valence-electron chi connectivity index (χ1n) is 7.02. The summed E-state index contributed by atoms with van der Waals surface area (Å²) in [5.41, 5.74) is 5.00. The molecule has 0 bridgehead atoms. The molecule has 0 saturated heterocycles. The maximum absolute atomic E-state index is 12.7. The summed E-state index contributed by atoms with van der Waals surface area (Å²) in [6.45, 7) is 2.05. The molecule has 0 aliphatic heterocycles. The van der Waals surface area contributed by atoms with E-state index in [4.69, 9.17) is 12.2 Å². The molecule has 1 fully saturated rings. The second-order valence-corrected chi connectivity index (χ2v) is 7.03. The van der Waals surface area contributed by atoms with Gasteiger partial charge < -0.3 is 5.32 Å². The van der Waals surface area contributed by atoms with Crippen LogP contribution in [0.1, 0.15) is 25.3 Å². The fraction of sp³-hybridized carbons (Fsp3) is 0.429. The Morgan fingerprint density at radius 3 is 2.57 bits per heavy atom. The van der Waals surface area contributed by atoms with Crippen LogP contribution in [0, 0.1) is 16.0 Å². The molecular formula is C14H17BrN4O3S. The van der Waals surface area contributed by atoms with Gasteiger partial charge in [-0.1, -0.05) is 22.9 Å². The molecule has 124 valence electrons. The average molecular weight is 401 g/mol. The number of hydrogen-bond donors (Lipinski definition) is 3. The van der Waals surface area contributed by atoms with Crippen LogP contribution in [0.25, 0.3) is 0 Å². The van der Waals surface area contributed by atoms with E-state index >= 15 is 0 Å². The summed E-state index contributed by atoms with van der Waals surface area (Å²) in [6.07, 6.45) is 1.25. The predicted octanol–water partition coefficient (Wildman–Crippen LogP) is 2.15. The van der Waals surface area contributed by atoms with Gasteiger partial charge in [-0.3, -0.25) is 25.8 Å². The molecule has 0 radical (unpaired) electrons. The van der Waals surface area contributed by atoms with Gasteiger partial charge in [0.05, 0.1) is 10.3 Å². The minimum absolute atomic E-state index is 0.0418. The second-order valence-electron chi connectivity index (χ2n) is 5.71. The lowest BCUT2D eigenvalue weighted by Crippen LogP contribution is -2.57. The molecule has 0 spiro atoms. The molecule has 1 aromatic rings. The summed E-state index contributed by atoms with van der Waals surface area (Å²) in [4.78, 5) is 23.3. The number of nitro benzene ring substituents is 1. The van der Waals surface area contributed by atoms with E-state index in [-0.39, 0.29) is 11.6 Å². The Labute approximate surface area is 147 Å². The van der Waals surface area contributed by atoms with Crippen molar-refractivity contribution in [3.8, 4) is 0 Å². The number of hydrogen-bond acceptors (Lipinski definition) is 4. The van der Waals surface area contributed by atoms with E-state index in [0.717, 1.165) is 0 Å². The SMILES string of the molecule is CNC(=S)NNC(=O)C1(c2cc(Br)cc([N+](=O)[O-])c2)CC(C)C1. The second kappa shape index (κ2) is 6.79. The molecule has 0 unspecified atom stereocenters. The van der Waals surface area contributed by atoms with Crippen molar-refractivity contribution >= 4 is 44.9 Å². The Morgan fingerprint density at radius 1 is 1.39 bits per heavy atom. The van der Waals surface area contributed by atoms with E-state index in [0.29, 0.717) is 33.9 Å². The summed E-state index contributed by atoms with van der Waals surface area (Å²) in [5.74, 6) is 0.121. The number of carbonyl (C=O) groups is 1. The molecule has 23 heavy (non-hydrogen) atoms. The number of hydrazine groups is 1. The Bertz CT molecular complexity index is 661. The topological polar surface area (TPSA) is 96.3 Å². The molecule has 1 aliphatic rings. The number of thiocarbonyl (C=S) groups is 1. The molecule has 9 heteroatoms. The number of amides is 1. The van der Waals surface area contributed by atoms with Crippen molar-refractivity contribution < 1.29 is 9.72 Å². The van der Waals surface area contributed by atoms with Gasteiger partial charge in [-0.25, -0.2) is 0 Å². The van der Waals surface area contributed by atoms with Crippen LogP contribution in [-0.2, 0) is 10.2 Å². The first-order chi connectivity index (χ1) is 10.8. The van der Waals surface area contributed by atoms with Crippen LogP contribution < -0.4 is 16.2 Å². The third-order valence-electron chi connectivity index (χ3n) is 3.99. The van der Waals surface area contributed by atoms with Crippen molar-refractivity contribution in [2.45, 2.75) is 25.2 Å². The zero-order chi connectivity index (χ0) is 17.2. The number of benzene rings is 1. The normalized spacial score (nSPS) is 22.7. The van der Waals surface area contributed by atoms with Gasteiger partial charge in [0, 0.05) is 23.7 Å². The molecule has 0 aromatic heterocycles. The summed E-state index contributed by atoms with van der Waals surface area (Å²) in [6, 6.07) is 4.65. The van der Waals surface area contributed by atoms with Gasteiger partial charge in [0.15, 0.2) is 5.11 Å². The number of nitrogens with zero attached hydrogens (tertiary/aromatic N) is 1. The van der Waals surface area contributed by atoms with Crippen molar-refractivity contribution in [3.05, 3.63) is 38.3 Å². The quantitative estimate of drug-likeness (QED) is 0.408. The third kappa shape index (κ3) is 3.61. The average Bonchev–Trinajstić information content (AvgIpc) is 2.47. The van der Waals surface area contributed by atoms with Gasteiger partial charge in [-0.15, -0.1) is 0 Å². The summed E-state index contributed by atoms with van der Waals surface area (Å²) >= 11 is 8.21. The number of nitrogens with one attached hydrogen (secondary N) is 3.